The number of carbonyl (C=O) groups excluding carboxylic acids is 1. The van der Waals surface area contributed by atoms with Crippen molar-refractivity contribution in [3.05, 3.63) is 12.7 Å². The maximum Gasteiger partial charge on any atom is 0.167 e. The highest BCUT2D eigenvalue weighted by Gasteiger charge is 2.45. The molecule has 0 aromatic carbocycles. The SMILES string of the molecule is CCC[NH2+][C@@H](CC[C@H]([NH3+])C(=O)[O-])C[C@H]1O[C@@H](n2cnc3c(N)ncnc32)[C@H](O)[C@@H]1O. The van der Waals surface area contributed by atoms with Crippen molar-refractivity contribution in [1.29, 1.82) is 0 Å². The van der Waals surface area contributed by atoms with Crippen LogP contribution in [0, 0.1) is 0 Å². The van der Waals surface area contributed by atoms with Crippen LogP contribution < -0.4 is 21.9 Å². The summed E-state index contributed by atoms with van der Waals surface area (Å²) in [5.74, 6) is -0.960. The third kappa shape index (κ3) is 4.68. The van der Waals surface area contributed by atoms with Gasteiger partial charge in [-0.1, -0.05) is 6.92 Å². The van der Waals surface area contributed by atoms with Gasteiger partial charge in [-0.05, 0) is 6.42 Å². The number of aromatic nitrogens is 4. The van der Waals surface area contributed by atoms with Gasteiger partial charge < -0.3 is 41.6 Å². The molecule has 2 aromatic rings. The molecule has 12 heteroatoms. The van der Waals surface area contributed by atoms with Crippen molar-refractivity contribution >= 4 is 23.0 Å². The number of ether oxygens (including phenoxy) is 1. The first-order chi connectivity index (χ1) is 14.3. The number of fused-ring (bicyclic) bond motifs is 1. The monoisotopic (exact) mass is 424 g/mol. The van der Waals surface area contributed by atoms with E-state index in [-0.39, 0.29) is 11.9 Å². The zero-order chi connectivity index (χ0) is 21.8. The highest BCUT2D eigenvalue weighted by molar-refractivity contribution is 5.81. The second-order valence-corrected chi connectivity index (χ2v) is 7.74. The molecule has 3 rings (SSSR count). The molecule has 0 bridgehead atoms. The Labute approximate surface area is 173 Å². The largest absolute Gasteiger partial charge is 0.544 e. The number of quaternary nitrogens is 2. The molecule has 12 nitrogen and oxygen atoms in total. The van der Waals surface area contributed by atoms with Gasteiger partial charge in [0.2, 0.25) is 0 Å². The molecule has 166 valence electrons. The third-order valence-corrected chi connectivity index (χ3v) is 5.54. The van der Waals surface area contributed by atoms with E-state index in [0.717, 1.165) is 13.0 Å². The molecular weight excluding hydrogens is 394 g/mol. The minimum Gasteiger partial charge on any atom is -0.544 e. The fourth-order valence-electron chi connectivity index (χ4n) is 3.78. The highest BCUT2D eigenvalue weighted by Crippen LogP contribution is 2.33. The standard InChI is InChI=1S/C18H29N7O5/c1-2-5-21-9(3-4-10(19)18(28)29)6-11-13(26)14(27)17(30-11)25-8-24-12-15(20)22-7-23-16(12)25/h7-11,13-14,17,21,26-27H,2-6,19H2,1H3,(H,28,29)(H2,20,22,23)/p+1/t9-,10-,11+,13+,14+,17+/m0/s1. The van der Waals surface area contributed by atoms with Crippen LogP contribution in [0.5, 0.6) is 0 Å². The van der Waals surface area contributed by atoms with Crippen LogP contribution in [0.2, 0.25) is 0 Å². The summed E-state index contributed by atoms with van der Waals surface area (Å²) in [6, 6.07) is -0.783. The lowest BCUT2D eigenvalue weighted by Crippen LogP contribution is -2.90. The van der Waals surface area contributed by atoms with Gasteiger partial charge >= 0.3 is 0 Å². The first kappa shape index (κ1) is 22.3. The number of aliphatic hydroxyl groups is 2. The summed E-state index contributed by atoms with van der Waals surface area (Å²) in [6.45, 7) is 2.91. The van der Waals surface area contributed by atoms with Gasteiger partial charge in [-0.15, -0.1) is 0 Å². The average Bonchev–Trinajstić information content (AvgIpc) is 3.26. The Bertz CT molecular complexity index is 863. The highest BCUT2D eigenvalue weighted by atomic mass is 16.6. The van der Waals surface area contributed by atoms with Crippen LogP contribution in [0.3, 0.4) is 0 Å². The van der Waals surface area contributed by atoms with Gasteiger partial charge in [0, 0.05) is 19.3 Å². The normalized spacial score (nSPS) is 26.1. The van der Waals surface area contributed by atoms with Gasteiger partial charge in [0.1, 0.15) is 30.1 Å². The van der Waals surface area contributed by atoms with E-state index in [0.29, 0.717) is 30.4 Å². The lowest BCUT2D eigenvalue weighted by Gasteiger charge is -2.22. The van der Waals surface area contributed by atoms with Crippen molar-refractivity contribution in [3.63, 3.8) is 0 Å². The number of carbonyl (C=O) groups is 1. The molecule has 6 atom stereocenters. The molecular formula is C18H30N7O5+. The van der Waals surface area contributed by atoms with Crippen LogP contribution in [0.1, 0.15) is 38.8 Å². The van der Waals surface area contributed by atoms with Crippen molar-refractivity contribution in [1.82, 2.24) is 19.5 Å². The molecule has 1 fully saturated rings. The van der Waals surface area contributed by atoms with E-state index in [4.69, 9.17) is 10.5 Å². The molecule has 1 saturated heterocycles. The van der Waals surface area contributed by atoms with Crippen molar-refractivity contribution in [2.24, 2.45) is 0 Å². The van der Waals surface area contributed by atoms with Crippen LogP contribution in [0.15, 0.2) is 12.7 Å². The molecule has 2 aromatic heterocycles. The number of rotatable bonds is 10. The summed E-state index contributed by atoms with van der Waals surface area (Å²) in [5.41, 5.74) is 10.2. The van der Waals surface area contributed by atoms with E-state index in [1.807, 2.05) is 0 Å². The first-order valence-corrected chi connectivity index (χ1v) is 10.1. The van der Waals surface area contributed by atoms with Gasteiger partial charge in [0.25, 0.3) is 0 Å². The van der Waals surface area contributed by atoms with Crippen LogP contribution in [-0.2, 0) is 9.53 Å². The van der Waals surface area contributed by atoms with Crippen LogP contribution in [0.4, 0.5) is 5.82 Å². The fraction of sp³-hybridized carbons (Fsp3) is 0.667. The van der Waals surface area contributed by atoms with Gasteiger partial charge in [-0.25, -0.2) is 15.0 Å². The van der Waals surface area contributed by atoms with E-state index < -0.39 is 36.6 Å². The quantitative estimate of drug-likeness (QED) is 0.251. The molecule has 3 heterocycles. The number of imidazole rings is 1. The summed E-state index contributed by atoms with van der Waals surface area (Å²) in [6.07, 6.45) is 1.29. The van der Waals surface area contributed by atoms with E-state index in [1.54, 1.807) is 0 Å². The average molecular weight is 424 g/mol. The number of aliphatic carboxylic acids is 1. The van der Waals surface area contributed by atoms with Crippen LogP contribution in [0.25, 0.3) is 11.2 Å². The number of aliphatic hydroxyl groups excluding tert-OH is 2. The predicted molar refractivity (Wildman–Crippen MR) is 102 cm³/mol. The smallest absolute Gasteiger partial charge is 0.167 e. The van der Waals surface area contributed by atoms with Gasteiger partial charge in [-0.2, -0.15) is 0 Å². The van der Waals surface area contributed by atoms with Crippen molar-refractivity contribution in [2.45, 2.75) is 69.2 Å². The molecule has 0 amide bonds. The Hall–Kier alpha value is -2.38. The Morgan fingerprint density at radius 3 is 2.83 bits per heavy atom. The Kier molecular flexibility index (Phi) is 7.15. The second kappa shape index (κ2) is 9.62. The number of nitrogen functional groups attached to an aromatic ring is 1. The number of anilines is 1. The number of hydrogen-bond acceptors (Lipinski definition) is 9. The van der Waals surface area contributed by atoms with Gasteiger partial charge in [0.05, 0.1) is 31.0 Å². The zero-order valence-corrected chi connectivity index (χ0v) is 16.9. The topological polar surface area (TPSA) is 204 Å². The summed E-state index contributed by atoms with van der Waals surface area (Å²) in [4.78, 5) is 23.2. The summed E-state index contributed by atoms with van der Waals surface area (Å²) < 4.78 is 7.54. The van der Waals surface area contributed by atoms with E-state index in [9.17, 15) is 20.1 Å². The van der Waals surface area contributed by atoms with E-state index in [1.165, 1.54) is 17.2 Å². The van der Waals surface area contributed by atoms with Crippen LogP contribution >= 0.6 is 0 Å². The number of nitrogens with zero attached hydrogens (tertiary/aromatic N) is 4. The number of nitrogens with two attached hydrogens (primary N) is 2. The van der Waals surface area contributed by atoms with Gasteiger partial charge in [-0.3, -0.25) is 4.57 Å². The molecule has 0 aliphatic carbocycles. The molecule has 0 spiro atoms. The van der Waals surface area contributed by atoms with E-state index >= 15 is 0 Å². The minimum absolute atomic E-state index is 0.0108. The van der Waals surface area contributed by atoms with Crippen molar-refractivity contribution < 1.29 is 35.9 Å². The minimum atomic E-state index is -1.18. The maximum absolute atomic E-state index is 11.0. The number of carboxylic acids is 1. The molecule has 9 N–H and O–H groups in total. The summed E-state index contributed by atoms with van der Waals surface area (Å²) in [5, 5.41) is 34.3. The molecule has 30 heavy (non-hydrogen) atoms. The number of carboxylic acid groups (broad SMARTS) is 1. The van der Waals surface area contributed by atoms with Crippen molar-refractivity contribution in [2.75, 3.05) is 12.3 Å². The molecule has 0 radical (unpaired) electrons. The predicted octanol–water partition coefficient (Wildman–Crippen LogP) is -4.10. The summed E-state index contributed by atoms with van der Waals surface area (Å²) >= 11 is 0. The van der Waals surface area contributed by atoms with Crippen molar-refractivity contribution in [3.8, 4) is 0 Å². The second-order valence-electron chi connectivity index (χ2n) is 7.74. The Morgan fingerprint density at radius 2 is 2.13 bits per heavy atom. The Morgan fingerprint density at radius 1 is 1.37 bits per heavy atom. The molecule has 0 saturated carbocycles. The zero-order valence-electron chi connectivity index (χ0n) is 16.9. The number of hydrogen-bond donors (Lipinski definition) is 5. The maximum atomic E-state index is 11.0. The molecule has 0 unspecified atom stereocenters. The Balaban J connectivity index is 1.72. The van der Waals surface area contributed by atoms with Gasteiger partial charge in [0.15, 0.2) is 17.7 Å². The first-order valence-electron chi connectivity index (χ1n) is 10.1. The lowest BCUT2D eigenvalue weighted by molar-refractivity contribution is -0.692. The fourth-order valence-corrected chi connectivity index (χ4v) is 3.78. The summed E-state index contributed by atoms with van der Waals surface area (Å²) in [7, 11) is 0. The third-order valence-electron chi connectivity index (χ3n) is 5.54. The van der Waals surface area contributed by atoms with Crippen LogP contribution in [-0.4, -0.2) is 72.6 Å². The van der Waals surface area contributed by atoms with E-state index in [2.05, 4.69) is 32.9 Å². The molecule has 1 aliphatic rings. The molecule has 1 aliphatic heterocycles. The lowest BCUT2D eigenvalue weighted by atomic mass is 9.97.